The Morgan fingerprint density at radius 3 is 2.83 bits per heavy atom. The van der Waals surface area contributed by atoms with Gasteiger partial charge in [-0.3, -0.25) is 4.99 Å². The minimum Gasteiger partial charge on any atom is -0.357 e. The van der Waals surface area contributed by atoms with Gasteiger partial charge < -0.3 is 10.6 Å². The zero-order valence-electron chi connectivity index (χ0n) is 13.7. The summed E-state index contributed by atoms with van der Waals surface area (Å²) in [6.45, 7) is 3.28. The van der Waals surface area contributed by atoms with Crippen molar-refractivity contribution < 1.29 is 8.78 Å². The molecule has 0 aromatic heterocycles. The fourth-order valence-corrected chi connectivity index (χ4v) is 3.61. The van der Waals surface area contributed by atoms with Gasteiger partial charge >= 0.3 is 0 Å². The van der Waals surface area contributed by atoms with Crippen LogP contribution in [0.25, 0.3) is 0 Å². The standard InChI is InChI=1S/C17H25F2N3S/c1-3-20-17(22-14-6-7-15(11-14)23-2)21-9-8-12-4-5-13(18)10-16(12)19/h4-5,10,14-15H,3,6-9,11H2,1-2H3,(H2,20,21,22). The van der Waals surface area contributed by atoms with Gasteiger partial charge in [-0.25, -0.2) is 8.78 Å². The molecule has 2 unspecified atom stereocenters. The Hall–Kier alpha value is -1.30. The van der Waals surface area contributed by atoms with E-state index in [0.29, 0.717) is 24.6 Å². The molecule has 0 amide bonds. The first kappa shape index (κ1) is 18.0. The van der Waals surface area contributed by atoms with Crippen molar-refractivity contribution in [2.45, 2.75) is 43.9 Å². The maximum absolute atomic E-state index is 13.6. The SMILES string of the molecule is CCNC(=NCCc1ccc(F)cc1F)NC1CCC(SC)C1. The van der Waals surface area contributed by atoms with Crippen molar-refractivity contribution in [3.63, 3.8) is 0 Å². The van der Waals surface area contributed by atoms with E-state index in [0.717, 1.165) is 36.7 Å². The highest BCUT2D eigenvalue weighted by molar-refractivity contribution is 7.99. The molecule has 6 heteroatoms. The molecule has 0 bridgehead atoms. The summed E-state index contributed by atoms with van der Waals surface area (Å²) in [5.74, 6) is -0.270. The Morgan fingerprint density at radius 1 is 1.35 bits per heavy atom. The lowest BCUT2D eigenvalue weighted by molar-refractivity contribution is 0.571. The summed E-state index contributed by atoms with van der Waals surface area (Å²) in [5.41, 5.74) is 0.495. The molecule has 0 aliphatic heterocycles. The number of guanidine groups is 1. The molecule has 3 nitrogen and oxygen atoms in total. The van der Waals surface area contributed by atoms with Crippen LogP contribution < -0.4 is 10.6 Å². The third-order valence-electron chi connectivity index (χ3n) is 4.07. The Balaban J connectivity index is 1.88. The first-order valence-electron chi connectivity index (χ1n) is 8.14. The number of benzene rings is 1. The summed E-state index contributed by atoms with van der Waals surface area (Å²) < 4.78 is 26.5. The third kappa shape index (κ3) is 5.68. The molecule has 1 aliphatic carbocycles. The highest BCUT2D eigenvalue weighted by atomic mass is 32.2. The van der Waals surface area contributed by atoms with E-state index in [4.69, 9.17) is 0 Å². The van der Waals surface area contributed by atoms with E-state index >= 15 is 0 Å². The van der Waals surface area contributed by atoms with Gasteiger partial charge in [-0.15, -0.1) is 0 Å². The molecule has 0 radical (unpaired) electrons. The van der Waals surface area contributed by atoms with Crippen LogP contribution >= 0.6 is 11.8 Å². The average molecular weight is 341 g/mol. The van der Waals surface area contributed by atoms with Crippen LogP contribution in [0.1, 0.15) is 31.7 Å². The van der Waals surface area contributed by atoms with Crippen molar-refractivity contribution in [2.75, 3.05) is 19.3 Å². The lowest BCUT2D eigenvalue weighted by atomic mass is 10.1. The number of rotatable bonds is 6. The van der Waals surface area contributed by atoms with Gasteiger partial charge in [0.15, 0.2) is 5.96 Å². The van der Waals surface area contributed by atoms with Crippen LogP contribution in [0, 0.1) is 11.6 Å². The topological polar surface area (TPSA) is 36.4 Å². The van der Waals surface area contributed by atoms with Crippen LogP contribution in [0.3, 0.4) is 0 Å². The van der Waals surface area contributed by atoms with E-state index in [1.54, 1.807) is 0 Å². The van der Waals surface area contributed by atoms with Crippen molar-refractivity contribution in [3.8, 4) is 0 Å². The maximum atomic E-state index is 13.6. The predicted molar refractivity (Wildman–Crippen MR) is 94.1 cm³/mol. The molecule has 2 rings (SSSR count). The van der Waals surface area contributed by atoms with Crippen LogP contribution in [0.5, 0.6) is 0 Å². The van der Waals surface area contributed by atoms with Gasteiger partial charge in [0, 0.05) is 30.4 Å². The van der Waals surface area contributed by atoms with Crippen molar-refractivity contribution in [1.29, 1.82) is 0 Å². The molecule has 128 valence electrons. The molecule has 1 aromatic carbocycles. The highest BCUT2D eigenvalue weighted by Crippen LogP contribution is 2.28. The van der Waals surface area contributed by atoms with Crippen molar-refractivity contribution in [2.24, 2.45) is 4.99 Å². The van der Waals surface area contributed by atoms with Gasteiger partial charge in [-0.05, 0) is 50.5 Å². The van der Waals surface area contributed by atoms with E-state index in [2.05, 4.69) is 21.9 Å². The van der Waals surface area contributed by atoms with Gasteiger partial charge in [0.2, 0.25) is 0 Å². The maximum Gasteiger partial charge on any atom is 0.191 e. The first-order chi connectivity index (χ1) is 11.1. The Morgan fingerprint density at radius 2 is 2.17 bits per heavy atom. The number of halogens is 2. The second-order valence-electron chi connectivity index (χ2n) is 5.76. The average Bonchev–Trinajstić information content (AvgIpc) is 2.97. The number of hydrogen-bond donors (Lipinski definition) is 2. The van der Waals surface area contributed by atoms with E-state index in [1.807, 2.05) is 18.7 Å². The Labute approximate surface area is 141 Å². The fourth-order valence-electron chi connectivity index (χ4n) is 2.81. The quantitative estimate of drug-likeness (QED) is 0.615. The van der Waals surface area contributed by atoms with Gasteiger partial charge in [-0.2, -0.15) is 11.8 Å². The van der Waals surface area contributed by atoms with Crippen molar-refractivity contribution >= 4 is 17.7 Å². The molecule has 1 aliphatic rings. The number of nitrogens with one attached hydrogen (secondary N) is 2. The van der Waals surface area contributed by atoms with Crippen LogP contribution in [0.4, 0.5) is 8.78 Å². The molecular formula is C17H25F2N3S. The summed E-state index contributed by atoms with van der Waals surface area (Å²) in [6, 6.07) is 4.14. The molecule has 2 N–H and O–H groups in total. The molecule has 23 heavy (non-hydrogen) atoms. The normalized spacial score (nSPS) is 21.5. The Bertz CT molecular complexity index is 537. The monoisotopic (exact) mass is 341 g/mol. The zero-order chi connectivity index (χ0) is 16.7. The minimum atomic E-state index is -0.547. The lowest BCUT2D eigenvalue weighted by Gasteiger charge is -2.17. The van der Waals surface area contributed by atoms with Gasteiger partial charge in [0.05, 0.1) is 0 Å². The lowest BCUT2D eigenvalue weighted by Crippen LogP contribution is -2.42. The first-order valence-corrected chi connectivity index (χ1v) is 9.42. The molecular weight excluding hydrogens is 316 g/mol. The molecule has 0 heterocycles. The highest BCUT2D eigenvalue weighted by Gasteiger charge is 2.24. The predicted octanol–water partition coefficient (Wildman–Crippen LogP) is 3.35. The van der Waals surface area contributed by atoms with Crippen molar-refractivity contribution in [1.82, 2.24) is 10.6 Å². The van der Waals surface area contributed by atoms with Crippen LogP contribution in [-0.2, 0) is 6.42 Å². The molecule has 1 saturated carbocycles. The van der Waals surface area contributed by atoms with Gasteiger partial charge in [0.1, 0.15) is 11.6 Å². The van der Waals surface area contributed by atoms with E-state index in [9.17, 15) is 8.78 Å². The molecule has 1 aromatic rings. The molecule has 0 spiro atoms. The molecule has 2 atom stereocenters. The molecule has 0 saturated heterocycles. The second kappa shape index (κ2) is 9.11. The summed E-state index contributed by atoms with van der Waals surface area (Å²) in [5, 5.41) is 7.42. The largest absolute Gasteiger partial charge is 0.357 e. The minimum absolute atomic E-state index is 0.452. The summed E-state index contributed by atoms with van der Waals surface area (Å²) in [6.07, 6.45) is 6.16. The van der Waals surface area contributed by atoms with Crippen LogP contribution in [0.2, 0.25) is 0 Å². The number of aliphatic imine (C=N–C) groups is 1. The second-order valence-corrected chi connectivity index (χ2v) is 6.90. The van der Waals surface area contributed by atoms with Crippen LogP contribution in [-0.4, -0.2) is 36.6 Å². The van der Waals surface area contributed by atoms with Gasteiger partial charge in [-0.1, -0.05) is 6.07 Å². The van der Waals surface area contributed by atoms with E-state index < -0.39 is 11.6 Å². The number of nitrogens with zero attached hydrogens (tertiary/aromatic N) is 1. The summed E-state index contributed by atoms with van der Waals surface area (Å²) >= 11 is 1.92. The third-order valence-corrected chi connectivity index (χ3v) is 5.16. The summed E-state index contributed by atoms with van der Waals surface area (Å²) in [4.78, 5) is 4.51. The van der Waals surface area contributed by atoms with Gasteiger partial charge in [0.25, 0.3) is 0 Å². The van der Waals surface area contributed by atoms with Crippen LogP contribution in [0.15, 0.2) is 23.2 Å². The fraction of sp³-hybridized carbons (Fsp3) is 0.588. The zero-order valence-corrected chi connectivity index (χ0v) is 14.6. The number of thioether (sulfide) groups is 1. The summed E-state index contributed by atoms with van der Waals surface area (Å²) in [7, 11) is 0. The number of hydrogen-bond acceptors (Lipinski definition) is 2. The van der Waals surface area contributed by atoms with Crippen molar-refractivity contribution in [3.05, 3.63) is 35.4 Å². The molecule has 1 fully saturated rings. The van der Waals surface area contributed by atoms with E-state index in [-0.39, 0.29) is 0 Å². The smallest absolute Gasteiger partial charge is 0.191 e. The Kier molecular flexibility index (Phi) is 7.15. The van der Waals surface area contributed by atoms with E-state index in [1.165, 1.54) is 18.6 Å².